The van der Waals surface area contributed by atoms with Crippen molar-refractivity contribution in [1.82, 2.24) is 0 Å². The van der Waals surface area contributed by atoms with E-state index in [2.05, 4.69) is 15.9 Å². The molecule has 0 atom stereocenters. The van der Waals surface area contributed by atoms with Crippen LogP contribution in [0.1, 0.15) is 23.2 Å². The molecule has 1 aromatic rings. The smallest absolute Gasteiger partial charge is 0.166 e. The molecule has 0 aliphatic carbocycles. The average molecular weight is 256 g/mol. The molecule has 1 heterocycles. The minimum atomic E-state index is 0.102. The summed E-state index contributed by atoms with van der Waals surface area (Å²) in [7, 11) is 0. The first-order chi connectivity index (χ1) is 6.68. The maximum atomic E-state index is 11.7. The van der Waals surface area contributed by atoms with Gasteiger partial charge in [0.25, 0.3) is 0 Å². The molecule has 3 nitrogen and oxygen atoms in total. The summed E-state index contributed by atoms with van der Waals surface area (Å²) >= 11 is 3.34. The largest absolute Gasteiger partial charge is 0.492 e. The second kappa shape index (κ2) is 3.61. The molecule has 0 aromatic heterocycles. The van der Waals surface area contributed by atoms with Crippen LogP contribution in [0.4, 0.5) is 5.69 Å². The lowest BCUT2D eigenvalue weighted by Gasteiger charge is -2.09. The van der Waals surface area contributed by atoms with E-state index in [1.54, 1.807) is 12.1 Å². The van der Waals surface area contributed by atoms with Gasteiger partial charge in [-0.3, -0.25) is 4.79 Å². The fourth-order valence-corrected chi connectivity index (χ4v) is 2.10. The van der Waals surface area contributed by atoms with Gasteiger partial charge in [-0.15, -0.1) is 0 Å². The fraction of sp³-hybridized carbons (Fsp3) is 0.300. The van der Waals surface area contributed by atoms with Crippen molar-refractivity contribution in [3.05, 3.63) is 22.2 Å². The molecule has 0 saturated carbocycles. The van der Waals surface area contributed by atoms with E-state index in [0.717, 1.165) is 10.9 Å². The van der Waals surface area contributed by atoms with E-state index in [1.807, 2.05) is 0 Å². The predicted octanol–water partition coefficient (Wildman–Crippen LogP) is 2.39. The van der Waals surface area contributed by atoms with Gasteiger partial charge in [-0.25, -0.2) is 0 Å². The lowest BCUT2D eigenvalue weighted by Crippen LogP contribution is -2.00. The van der Waals surface area contributed by atoms with Gasteiger partial charge in [0.15, 0.2) is 5.78 Å². The molecule has 0 unspecified atom stereocenters. The van der Waals surface area contributed by atoms with E-state index < -0.39 is 0 Å². The number of hydrogen-bond donors (Lipinski definition) is 1. The Labute approximate surface area is 90.4 Å². The van der Waals surface area contributed by atoms with Crippen LogP contribution in [-0.4, -0.2) is 12.4 Å². The quantitative estimate of drug-likeness (QED) is 0.725. The Balaban J connectivity index is 2.58. The van der Waals surface area contributed by atoms with Gasteiger partial charge >= 0.3 is 0 Å². The molecule has 0 radical (unpaired) electrons. The maximum Gasteiger partial charge on any atom is 0.166 e. The first-order valence-electron chi connectivity index (χ1n) is 4.43. The number of nitrogens with two attached hydrogens (primary N) is 1. The van der Waals surface area contributed by atoms with Crippen LogP contribution in [0.2, 0.25) is 0 Å². The molecular weight excluding hydrogens is 246 g/mol. The van der Waals surface area contributed by atoms with E-state index in [0.29, 0.717) is 30.0 Å². The van der Waals surface area contributed by atoms with Crippen LogP contribution < -0.4 is 10.5 Å². The lowest BCUT2D eigenvalue weighted by atomic mass is 10.1. The van der Waals surface area contributed by atoms with Crippen LogP contribution in [-0.2, 0) is 0 Å². The molecule has 0 spiro atoms. The molecule has 0 amide bonds. The number of Topliss-reactive ketones (excluding diaryl/α,β-unsaturated/α-hetero) is 1. The zero-order valence-electron chi connectivity index (χ0n) is 7.55. The number of carbonyl (C=O) groups is 1. The molecule has 0 saturated heterocycles. The summed E-state index contributed by atoms with van der Waals surface area (Å²) in [5, 5.41) is 0. The molecule has 74 valence electrons. The summed E-state index contributed by atoms with van der Waals surface area (Å²) in [5.74, 6) is 0.729. The molecule has 2 N–H and O–H groups in total. The van der Waals surface area contributed by atoms with Crippen LogP contribution in [0.3, 0.4) is 0 Å². The van der Waals surface area contributed by atoms with E-state index >= 15 is 0 Å². The summed E-state index contributed by atoms with van der Waals surface area (Å²) in [5.41, 5.74) is 6.83. The highest BCUT2D eigenvalue weighted by molar-refractivity contribution is 9.10. The normalized spacial score (nSPS) is 15.6. The van der Waals surface area contributed by atoms with Gasteiger partial charge < -0.3 is 10.5 Å². The Kier molecular flexibility index (Phi) is 2.46. The van der Waals surface area contributed by atoms with Crippen LogP contribution in [0.25, 0.3) is 0 Å². The Morgan fingerprint density at radius 2 is 2.21 bits per heavy atom. The SMILES string of the molecule is Nc1cc(Br)c2c(c1)C(=O)CCCO2. The second-order valence-electron chi connectivity index (χ2n) is 3.25. The molecular formula is C10H10BrNO2. The number of halogens is 1. The van der Waals surface area contributed by atoms with E-state index in [9.17, 15) is 4.79 Å². The number of carbonyl (C=O) groups excluding carboxylic acids is 1. The van der Waals surface area contributed by atoms with Crippen LogP contribution in [0.15, 0.2) is 16.6 Å². The zero-order valence-corrected chi connectivity index (χ0v) is 9.13. The Hall–Kier alpha value is -1.03. The van der Waals surface area contributed by atoms with Gasteiger partial charge in [-0.05, 0) is 34.5 Å². The average Bonchev–Trinajstić information content (AvgIpc) is 2.29. The third-order valence-electron chi connectivity index (χ3n) is 2.16. The van der Waals surface area contributed by atoms with Crippen molar-refractivity contribution in [2.45, 2.75) is 12.8 Å². The Bertz CT molecular complexity index is 390. The summed E-state index contributed by atoms with van der Waals surface area (Å²) in [6, 6.07) is 3.42. The Morgan fingerprint density at radius 3 is 3.00 bits per heavy atom. The first kappa shape index (κ1) is 9.52. The highest BCUT2D eigenvalue weighted by atomic mass is 79.9. The highest BCUT2D eigenvalue weighted by Gasteiger charge is 2.19. The van der Waals surface area contributed by atoms with Gasteiger partial charge in [0, 0.05) is 12.1 Å². The fourth-order valence-electron chi connectivity index (χ4n) is 1.51. The van der Waals surface area contributed by atoms with E-state index in [4.69, 9.17) is 10.5 Å². The van der Waals surface area contributed by atoms with Crippen molar-refractivity contribution < 1.29 is 9.53 Å². The number of anilines is 1. The van der Waals surface area contributed by atoms with Crippen LogP contribution >= 0.6 is 15.9 Å². The lowest BCUT2D eigenvalue weighted by molar-refractivity contribution is 0.0983. The molecule has 0 fully saturated rings. The molecule has 1 aliphatic heterocycles. The first-order valence-corrected chi connectivity index (χ1v) is 5.23. The number of nitrogen functional groups attached to an aromatic ring is 1. The third kappa shape index (κ3) is 1.62. The molecule has 2 rings (SSSR count). The van der Waals surface area contributed by atoms with Crippen molar-refractivity contribution in [2.24, 2.45) is 0 Å². The topological polar surface area (TPSA) is 52.3 Å². The van der Waals surface area contributed by atoms with Crippen molar-refractivity contribution in [3.63, 3.8) is 0 Å². The standard InChI is InChI=1S/C10H10BrNO2/c11-8-5-6(12)4-7-9(13)2-1-3-14-10(7)8/h4-5H,1-3,12H2. The third-order valence-corrected chi connectivity index (χ3v) is 2.75. The molecule has 4 heteroatoms. The second-order valence-corrected chi connectivity index (χ2v) is 4.11. The van der Waals surface area contributed by atoms with Gasteiger partial charge in [0.2, 0.25) is 0 Å². The van der Waals surface area contributed by atoms with Gasteiger partial charge in [-0.2, -0.15) is 0 Å². The minimum absolute atomic E-state index is 0.102. The highest BCUT2D eigenvalue weighted by Crippen LogP contribution is 2.34. The van der Waals surface area contributed by atoms with Gasteiger partial charge in [0.05, 0.1) is 16.6 Å². The number of hydrogen-bond acceptors (Lipinski definition) is 3. The van der Waals surface area contributed by atoms with Crippen LogP contribution in [0.5, 0.6) is 5.75 Å². The number of rotatable bonds is 0. The van der Waals surface area contributed by atoms with Gasteiger partial charge in [-0.1, -0.05) is 0 Å². The molecule has 14 heavy (non-hydrogen) atoms. The summed E-state index contributed by atoms with van der Waals surface area (Å²) in [6.07, 6.45) is 1.29. The van der Waals surface area contributed by atoms with Crippen LogP contribution in [0, 0.1) is 0 Å². The number of ketones is 1. The number of fused-ring (bicyclic) bond motifs is 1. The molecule has 1 aliphatic rings. The monoisotopic (exact) mass is 255 g/mol. The Morgan fingerprint density at radius 1 is 1.43 bits per heavy atom. The predicted molar refractivity (Wildman–Crippen MR) is 57.6 cm³/mol. The van der Waals surface area contributed by atoms with Crippen molar-refractivity contribution >= 4 is 27.4 Å². The molecule has 1 aromatic carbocycles. The summed E-state index contributed by atoms with van der Waals surface area (Å²) < 4.78 is 6.23. The van der Waals surface area contributed by atoms with E-state index in [1.165, 1.54) is 0 Å². The minimum Gasteiger partial charge on any atom is -0.492 e. The number of ether oxygens (including phenoxy) is 1. The van der Waals surface area contributed by atoms with Gasteiger partial charge in [0.1, 0.15) is 5.75 Å². The maximum absolute atomic E-state index is 11.7. The summed E-state index contributed by atoms with van der Waals surface area (Å²) in [4.78, 5) is 11.7. The van der Waals surface area contributed by atoms with Crippen molar-refractivity contribution in [2.75, 3.05) is 12.3 Å². The zero-order chi connectivity index (χ0) is 10.1. The van der Waals surface area contributed by atoms with Crippen molar-refractivity contribution in [3.8, 4) is 5.75 Å². The number of benzene rings is 1. The molecule has 0 bridgehead atoms. The summed E-state index contributed by atoms with van der Waals surface area (Å²) in [6.45, 7) is 0.585. The van der Waals surface area contributed by atoms with E-state index in [-0.39, 0.29) is 5.78 Å². The van der Waals surface area contributed by atoms with Crippen molar-refractivity contribution in [1.29, 1.82) is 0 Å².